The molecule has 3 nitrogen and oxygen atoms in total. The fourth-order valence-corrected chi connectivity index (χ4v) is 1.54. The van der Waals surface area contributed by atoms with E-state index >= 15 is 0 Å². The maximum Gasteiger partial charge on any atom is 0.330 e. The van der Waals surface area contributed by atoms with Crippen LogP contribution in [0.3, 0.4) is 0 Å². The Bertz CT molecular complexity index is 399. The molecule has 0 aliphatic heterocycles. The predicted molar refractivity (Wildman–Crippen MR) is 66.4 cm³/mol. The minimum absolute atomic E-state index is 0.387. The van der Waals surface area contributed by atoms with Crippen molar-refractivity contribution >= 4 is 28.0 Å². The normalized spacial score (nSPS) is 10.4. The van der Waals surface area contributed by atoms with Crippen molar-refractivity contribution in [3.05, 3.63) is 34.3 Å². The van der Waals surface area contributed by atoms with Gasteiger partial charge in [-0.2, -0.15) is 0 Å². The number of rotatable bonds is 4. The summed E-state index contributed by atoms with van der Waals surface area (Å²) in [6.45, 7) is 2.50. The summed E-state index contributed by atoms with van der Waals surface area (Å²) in [4.78, 5) is 11.0. The van der Waals surface area contributed by atoms with Crippen molar-refractivity contribution in [1.82, 2.24) is 0 Å². The molecule has 0 bridgehead atoms. The Morgan fingerprint density at radius 3 is 2.88 bits per heavy atom. The topological polar surface area (TPSA) is 35.5 Å². The Morgan fingerprint density at radius 2 is 2.25 bits per heavy atom. The molecule has 0 aliphatic carbocycles. The summed E-state index contributed by atoms with van der Waals surface area (Å²) < 4.78 is 10.9. The van der Waals surface area contributed by atoms with E-state index in [1.165, 1.54) is 13.2 Å². The average molecular weight is 285 g/mol. The first-order valence-corrected chi connectivity index (χ1v) is 5.65. The summed E-state index contributed by atoms with van der Waals surface area (Å²) >= 11 is 3.37. The van der Waals surface area contributed by atoms with Crippen LogP contribution in [0, 0.1) is 0 Å². The molecule has 0 saturated carbocycles. The van der Waals surface area contributed by atoms with Crippen LogP contribution in [0.2, 0.25) is 0 Å². The van der Waals surface area contributed by atoms with Crippen LogP contribution in [0.1, 0.15) is 12.5 Å². The van der Waals surface area contributed by atoms with E-state index in [2.05, 4.69) is 20.7 Å². The molecule has 1 aromatic carbocycles. The van der Waals surface area contributed by atoms with Gasteiger partial charge in [-0.15, -0.1) is 0 Å². The van der Waals surface area contributed by atoms with E-state index in [1.54, 1.807) is 6.08 Å². The van der Waals surface area contributed by atoms with E-state index in [1.807, 2.05) is 25.1 Å². The molecule has 16 heavy (non-hydrogen) atoms. The molecule has 0 aromatic heterocycles. The van der Waals surface area contributed by atoms with Crippen LogP contribution in [-0.4, -0.2) is 19.7 Å². The molecule has 0 radical (unpaired) electrons. The molecule has 1 aromatic rings. The molecule has 0 aliphatic rings. The molecule has 0 N–H and O–H groups in total. The number of carbonyl (C=O) groups is 1. The Hall–Kier alpha value is -1.29. The summed E-state index contributed by atoms with van der Waals surface area (Å²) in [5.41, 5.74) is 0.835. The van der Waals surface area contributed by atoms with Crippen LogP contribution in [0.4, 0.5) is 0 Å². The van der Waals surface area contributed by atoms with E-state index in [-0.39, 0.29) is 5.97 Å². The predicted octanol–water partition coefficient (Wildman–Crippen LogP) is 3.03. The monoisotopic (exact) mass is 284 g/mol. The van der Waals surface area contributed by atoms with Gasteiger partial charge in [0.15, 0.2) is 0 Å². The van der Waals surface area contributed by atoms with Gasteiger partial charge in [0.25, 0.3) is 0 Å². The van der Waals surface area contributed by atoms with Crippen LogP contribution in [0.25, 0.3) is 6.08 Å². The summed E-state index contributed by atoms with van der Waals surface area (Å²) in [6.07, 6.45) is 3.03. The van der Waals surface area contributed by atoms with Crippen molar-refractivity contribution < 1.29 is 14.3 Å². The first kappa shape index (κ1) is 12.8. The lowest BCUT2D eigenvalue weighted by Gasteiger charge is -2.07. The van der Waals surface area contributed by atoms with E-state index in [0.717, 1.165) is 15.8 Å². The number of carbonyl (C=O) groups excluding carboxylic acids is 1. The van der Waals surface area contributed by atoms with Gasteiger partial charge in [-0.05, 0) is 31.2 Å². The van der Waals surface area contributed by atoms with E-state index < -0.39 is 0 Å². The SMILES string of the molecule is CCOc1ccc(Br)cc1/C=C/C(=O)OC. The molecule has 4 heteroatoms. The lowest BCUT2D eigenvalue weighted by atomic mass is 10.2. The van der Waals surface area contributed by atoms with Gasteiger partial charge < -0.3 is 9.47 Å². The van der Waals surface area contributed by atoms with Crippen LogP contribution >= 0.6 is 15.9 Å². The van der Waals surface area contributed by atoms with Gasteiger partial charge in [0, 0.05) is 16.1 Å². The van der Waals surface area contributed by atoms with Gasteiger partial charge in [0.05, 0.1) is 13.7 Å². The van der Waals surface area contributed by atoms with E-state index in [0.29, 0.717) is 6.61 Å². The van der Waals surface area contributed by atoms with Gasteiger partial charge in [0.1, 0.15) is 5.75 Å². The average Bonchev–Trinajstić information content (AvgIpc) is 2.29. The van der Waals surface area contributed by atoms with Crippen molar-refractivity contribution in [3.8, 4) is 5.75 Å². The maximum absolute atomic E-state index is 11.0. The molecule has 0 amide bonds. The Balaban J connectivity index is 2.95. The number of esters is 1. The summed E-state index contributed by atoms with van der Waals surface area (Å²) in [7, 11) is 1.34. The van der Waals surface area contributed by atoms with Crippen LogP contribution in [-0.2, 0) is 9.53 Å². The Kier molecular flexibility index (Phi) is 5.05. The van der Waals surface area contributed by atoms with Gasteiger partial charge in [-0.3, -0.25) is 0 Å². The fourth-order valence-electron chi connectivity index (χ4n) is 1.16. The second-order valence-corrected chi connectivity index (χ2v) is 3.89. The fraction of sp³-hybridized carbons (Fsp3) is 0.250. The largest absolute Gasteiger partial charge is 0.493 e. The molecule has 0 atom stereocenters. The Morgan fingerprint density at radius 1 is 1.50 bits per heavy atom. The molecule has 0 spiro atoms. The quantitative estimate of drug-likeness (QED) is 0.630. The third-order valence-corrected chi connectivity index (χ3v) is 2.37. The molecule has 0 saturated heterocycles. The van der Waals surface area contributed by atoms with Crippen molar-refractivity contribution in [2.75, 3.05) is 13.7 Å². The first-order chi connectivity index (χ1) is 7.67. The van der Waals surface area contributed by atoms with Gasteiger partial charge >= 0.3 is 5.97 Å². The highest BCUT2D eigenvalue weighted by Gasteiger charge is 2.02. The van der Waals surface area contributed by atoms with Gasteiger partial charge in [-0.1, -0.05) is 15.9 Å². The summed E-state index contributed by atoms with van der Waals surface area (Å²) in [6, 6.07) is 5.62. The second kappa shape index (κ2) is 6.33. The van der Waals surface area contributed by atoms with Crippen LogP contribution in [0.5, 0.6) is 5.75 Å². The number of ether oxygens (including phenoxy) is 2. The molecule has 0 fully saturated rings. The summed E-state index contributed by atoms with van der Waals surface area (Å²) in [5, 5.41) is 0. The Labute approximate surface area is 103 Å². The smallest absolute Gasteiger partial charge is 0.330 e. The lowest BCUT2D eigenvalue weighted by molar-refractivity contribution is -0.134. The zero-order valence-electron chi connectivity index (χ0n) is 9.20. The number of methoxy groups -OCH3 is 1. The summed E-state index contributed by atoms with van der Waals surface area (Å²) in [5.74, 6) is 0.355. The van der Waals surface area contributed by atoms with Crippen molar-refractivity contribution in [2.24, 2.45) is 0 Å². The van der Waals surface area contributed by atoms with Crippen molar-refractivity contribution in [2.45, 2.75) is 6.92 Å². The van der Waals surface area contributed by atoms with E-state index in [4.69, 9.17) is 4.74 Å². The molecule has 86 valence electrons. The zero-order chi connectivity index (χ0) is 12.0. The third kappa shape index (κ3) is 3.70. The molecule has 1 rings (SSSR count). The highest BCUT2D eigenvalue weighted by atomic mass is 79.9. The van der Waals surface area contributed by atoms with Gasteiger partial charge in [0.2, 0.25) is 0 Å². The maximum atomic E-state index is 11.0. The minimum atomic E-state index is -0.387. The minimum Gasteiger partial charge on any atom is -0.493 e. The van der Waals surface area contributed by atoms with Crippen LogP contribution in [0.15, 0.2) is 28.7 Å². The van der Waals surface area contributed by atoms with E-state index in [9.17, 15) is 4.79 Å². The number of hydrogen-bond donors (Lipinski definition) is 0. The van der Waals surface area contributed by atoms with Crippen molar-refractivity contribution in [3.63, 3.8) is 0 Å². The van der Waals surface area contributed by atoms with Crippen molar-refractivity contribution in [1.29, 1.82) is 0 Å². The second-order valence-electron chi connectivity index (χ2n) is 2.97. The number of benzene rings is 1. The standard InChI is InChI=1S/C12H13BrO3/c1-3-16-11-6-5-10(13)8-9(11)4-7-12(14)15-2/h4-8H,3H2,1-2H3/b7-4+. The highest BCUT2D eigenvalue weighted by molar-refractivity contribution is 9.10. The number of hydrogen-bond acceptors (Lipinski definition) is 3. The lowest BCUT2D eigenvalue weighted by Crippen LogP contribution is -1.96. The molecular weight excluding hydrogens is 272 g/mol. The third-order valence-electron chi connectivity index (χ3n) is 1.87. The van der Waals surface area contributed by atoms with Gasteiger partial charge in [-0.25, -0.2) is 4.79 Å². The first-order valence-electron chi connectivity index (χ1n) is 4.85. The molecule has 0 heterocycles. The molecular formula is C12H13BrO3. The molecule has 0 unspecified atom stereocenters. The van der Waals surface area contributed by atoms with Crippen LogP contribution < -0.4 is 4.74 Å². The zero-order valence-corrected chi connectivity index (χ0v) is 10.8. The number of halogens is 1. The highest BCUT2D eigenvalue weighted by Crippen LogP contribution is 2.24.